The summed E-state index contributed by atoms with van der Waals surface area (Å²) >= 11 is 7.73. The van der Waals surface area contributed by atoms with Crippen molar-refractivity contribution in [3.05, 3.63) is 44.7 Å². The van der Waals surface area contributed by atoms with Gasteiger partial charge in [0, 0.05) is 16.0 Å². The number of hydrogen-bond acceptors (Lipinski definition) is 4. The first-order chi connectivity index (χ1) is 9.10. The predicted octanol–water partition coefficient (Wildman–Crippen LogP) is 3.67. The molecule has 0 unspecified atom stereocenters. The lowest BCUT2D eigenvalue weighted by molar-refractivity contribution is 0.0696. The molecule has 2 heterocycles. The third-order valence-electron chi connectivity index (χ3n) is 2.58. The summed E-state index contributed by atoms with van der Waals surface area (Å²) in [4.78, 5) is 17.3. The Morgan fingerprint density at radius 3 is 2.79 bits per heavy atom. The van der Waals surface area contributed by atoms with Gasteiger partial charge in [0.1, 0.15) is 5.82 Å². The zero-order valence-electron chi connectivity index (χ0n) is 10.3. The van der Waals surface area contributed by atoms with Crippen LogP contribution in [0.15, 0.2) is 24.4 Å². The molecule has 19 heavy (non-hydrogen) atoms. The SMILES string of the molecule is CCc1ccc(CNc2ncc(C(=O)O)cc2Cl)s1. The summed E-state index contributed by atoms with van der Waals surface area (Å²) < 4.78 is 0. The highest BCUT2D eigenvalue weighted by atomic mass is 35.5. The van der Waals surface area contributed by atoms with Crippen molar-refractivity contribution in [3.63, 3.8) is 0 Å². The largest absolute Gasteiger partial charge is 0.478 e. The molecule has 100 valence electrons. The molecule has 0 saturated carbocycles. The van der Waals surface area contributed by atoms with E-state index in [0.29, 0.717) is 17.4 Å². The summed E-state index contributed by atoms with van der Waals surface area (Å²) in [7, 11) is 0. The van der Waals surface area contributed by atoms with Crippen LogP contribution >= 0.6 is 22.9 Å². The van der Waals surface area contributed by atoms with E-state index in [0.717, 1.165) is 6.42 Å². The Bertz CT molecular complexity index is 598. The minimum atomic E-state index is -1.04. The summed E-state index contributed by atoms with van der Waals surface area (Å²) in [5.74, 6) is -0.537. The topological polar surface area (TPSA) is 62.2 Å². The van der Waals surface area contributed by atoms with Gasteiger partial charge in [-0.15, -0.1) is 11.3 Å². The molecule has 0 radical (unpaired) electrons. The van der Waals surface area contributed by atoms with Crippen molar-refractivity contribution in [2.75, 3.05) is 5.32 Å². The molecular formula is C13H13ClN2O2S. The van der Waals surface area contributed by atoms with Gasteiger partial charge in [0.2, 0.25) is 0 Å². The van der Waals surface area contributed by atoms with E-state index in [1.165, 1.54) is 22.0 Å². The second-order valence-corrected chi connectivity index (χ2v) is 5.59. The average Bonchev–Trinajstić information content (AvgIpc) is 2.85. The lowest BCUT2D eigenvalue weighted by Gasteiger charge is -2.06. The molecule has 2 N–H and O–H groups in total. The molecule has 0 saturated heterocycles. The van der Waals surface area contributed by atoms with Crippen molar-refractivity contribution in [3.8, 4) is 0 Å². The number of thiophene rings is 1. The molecule has 0 bridgehead atoms. The maximum absolute atomic E-state index is 10.8. The summed E-state index contributed by atoms with van der Waals surface area (Å²) in [6.07, 6.45) is 2.32. The van der Waals surface area contributed by atoms with Crippen LogP contribution in [0, 0.1) is 0 Å². The van der Waals surface area contributed by atoms with E-state index in [9.17, 15) is 4.79 Å². The summed E-state index contributed by atoms with van der Waals surface area (Å²) in [6.45, 7) is 2.75. The number of aromatic nitrogens is 1. The van der Waals surface area contributed by atoms with Gasteiger partial charge in [-0.25, -0.2) is 9.78 Å². The minimum absolute atomic E-state index is 0.0833. The molecule has 0 fully saturated rings. The molecule has 0 aliphatic heterocycles. The highest BCUT2D eigenvalue weighted by Crippen LogP contribution is 2.22. The number of pyridine rings is 1. The van der Waals surface area contributed by atoms with Crippen molar-refractivity contribution >= 4 is 34.7 Å². The molecule has 0 aromatic carbocycles. The van der Waals surface area contributed by atoms with E-state index >= 15 is 0 Å². The first-order valence-corrected chi connectivity index (χ1v) is 7.00. The molecule has 0 aliphatic rings. The molecule has 4 nitrogen and oxygen atoms in total. The molecule has 2 aromatic rings. The second-order valence-electron chi connectivity index (χ2n) is 3.93. The van der Waals surface area contributed by atoms with E-state index in [1.807, 2.05) is 0 Å². The smallest absolute Gasteiger partial charge is 0.337 e. The average molecular weight is 297 g/mol. The Kier molecular flexibility index (Phi) is 4.39. The van der Waals surface area contributed by atoms with Gasteiger partial charge in [0.05, 0.1) is 17.1 Å². The van der Waals surface area contributed by atoms with E-state index in [4.69, 9.17) is 16.7 Å². The summed E-state index contributed by atoms with van der Waals surface area (Å²) in [5.41, 5.74) is 0.0833. The predicted molar refractivity (Wildman–Crippen MR) is 77.2 cm³/mol. The number of halogens is 1. The van der Waals surface area contributed by atoms with Crippen molar-refractivity contribution in [1.29, 1.82) is 0 Å². The highest BCUT2D eigenvalue weighted by molar-refractivity contribution is 7.12. The van der Waals surface area contributed by atoms with Crippen molar-refractivity contribution in [2.24, 2.45) is 0 Å². The summed E-state index contributed by atoms with van der Waals surface area (Å²) in [5, 5.41) is 12.2. The van der Waals surface area contributed by atoms with Crippen LogP contribution in [0.1, 0.15) is 27.0 Å². The quantitative estimate of drug-likeness (QED) is 0.884. The Balaban J connectivity index is 2.05. The van der Waals surface area contributed by atoms with Crippen LogP contribution in [0.2, 0.25) is 5.02 Å². The van der Waals surface area contributed by atoms with Gasteiger partial charge in [0.15, 0.2) is 0 Å². The number of rotatable bonds is 5. The van der Waals surface area contributed by atoms with E-state index in [-0.39, 0.29) is 5.56 Å². The molecular weight excluding hydrogens is 284 g/mol. The standard InChI is InChI=1S/C13H13ClN2O2S/c1-2-9-3-4-10(19-9)7-16-12-11(14)5-8(6-15-12)13(17)18/h3-6H,2,7H2,1H3,(H,15,16)(H,17,18). The van der Waals surface area contributed by atoms with Crippen LogP contribution in [0.5, 0.6) is 0 Å². The Hall–Kier alpha value is -1.59. The second kappa shape index (κ2) is 6.04. The number of anilines is 1. The van der Waals surface area contributed by atoms with Crippen LogP contribution in [0.25, 0.3) is 0 Å². The lowest BCUT2D eigenvalue weighted by atomic mass is 10.3. The van der Waals surface area contributed by atoms with Gasteiger partial charge in [0.25, 0.3) is 0 Å². The lowest BCUT2D eigenvalue weighted by Crippen LogP contribution is -2.03. The Morgan fingerprint density at radius 1 is 1.47 bits per heavy atom. The molecule has 2 rings (SSSR count). The molecule has 0 atom stereocenters. The van der Waals surface area contributed by atoms with E-state index in [1.54, 1.807) is 11.3 Å². The van der Waals surface area contributed by atoms with Gasteiger partial charge in [-0.3, -0.25) is 0 Å². The highest BCUT2D eigenvalue weighted by Gasteiger charge is 2.08. The zero-order valence-corrected chi connectivity index (χ0v) is 11.9. The normalized spacial score (nSPS) is 10.4. The van der Waals surface area contributed by atoms with Crippen LogP contribution < -0.4 is 5.32 Å². The fourth-order valence-corrected chi connectivity index (χ4v) is 2.69. The number of nitrogens with one attached hydrogen (secondary N) is 1. The fraction of sp³-hybridized carbons (Fsp3) is 0.231. The zero-order chi connectivity index (χ0) is 13.8. The number of carboxylic acid groups (broad SMARTS) is 1. The van der Waals surface area contributed by atoms with Gasteiger partial charge in [-0.2, -0.15) is 0 Å². The summed E-state index contributed by atoms with van der Waals surface area (Å²) in [6, 6.07) is 5.56. The molecule has 0 spiro atoms. The van der Waals surface area contributed by atoms with Crippen LogP contribution in [0.4, 0.5) is 5.82 Å². The number of aromatic carboxylic acids is 1. The number of hydrogen-bond donors (Lipinski definition) is 2. The third kappa shape index (κ3) is 3.45. The van der Waals surface area contributed by atoms with Crippen LogP contribution in [-0.2, 0) is 13.0 Å². The Morgan fingerprint density at radius 2 is 2.21 bits per heavy atom. The van der Waals surface area contributed by atoms with E-state index in [2.05, 4.69) is 29.4 Å². The van der Waals surface area contributed by atoms with Crippen LogP contribution in [-0.4, -0.2) is 16.1 Å². The molecule has 6 heteroatoms. The third-order valence-corrected chi connectivity index (χ3v) is 4.10. The molecule has 0 amide bonds. The number of carbonyl (C=O) groups is 1. The van der Waals surface area contributed by atoms with Crippen molar-refractivity contribution in [2.45, 2.75) is 19.9 Å². The first kappa shape index (κ1) is 13.8. The number of aryl methyl sites for hydroxylation is 1. The van der Waals surface area contributed by atoms with Crippen molar-refractivity contribution in [1.82, 2.24) is 4.98 Å². The Labute approximate surface area is 120 Å². The maximum Gasteiger partial charge on any atom is 0.337 e. The van der Waals surface area contributed by atoms with Gasteiger partial charge < -0.3 is 10.4 Å². The number of carboxylic acids is 1. The van der Waals surface area contributed by atoms with Gasteiger partial charge >= 0.3 is 5.97 Å². The molecule has 2 aromatic heterocycles. The minimum Gasteiger partial charge on any atom is -0.478 e. The van der Waals surface area contributed by atoms with E-state index < -0.39 is 5.97 Å². The monoisotopic (exact) mass is 296 g/mol. The van der Waals surface area contributed by atoms with Crippen LogP contribution in [0.3, 0.4) is 0 Å². The first-order valence-electron chi connectivity index (χ1n) is 5.80. The van der Waals surface area contributed by atoms with Gasteiger partial charge in [-0.05, 0) is 24.6 Å². The van der Waals surface area contributed by atoms with Gasteiger partial charge in [-0.1, -0.05) is 18.5 Å². The number of nitrogens with zero attached hydrogens (tertiary/aromatic N) is 1. The maximum atomic E-state index is 10.8. The fourth-order valence-electron chi connectivity index (χ4n) is 1.56. The van der Waals surface area contributed by atoms with Crippen molar-refractivity contribution < 1.29 is 9.90 Å². The molecule has 0 aliphatic carbocycles.